The highest BCUT2D eigenvalue weighted by Crippen LogP contribution is 2.30. The van der Waals surface area contributed by atoms with Gasteiger partial charge >= 0.3 is 5.97 Å². The first-order valence-electron chi connectivity index (χ1n) is 5.40. The molecule has 0 radical (unpaired) electrons. The Labute approximate surface area is 89.8 Å². The van der Waals surface area contributed by atoms with E-state index in [1.165, 1.54) is 6.08 Å². The summed E-state index contributed by atoms with van der Waals surface area (Å²) in [7, 11) is 1.60. The number of hydrogen-bond acceptors (Lipinski definition) is 3. The highest BCUT2D eigenvalue weighted by atomic mass is 16.6. The van der Waals surface area contributed by atoms with Gasteiger partial charge in [-0.3, -0.25) is 0 Å². The molecule has 0 fully saturated rings. The molecular formula is C12H16O3. The van der Waals surface area contributed by atoms with Crippen LogP contribution in [0.2, 0.25) is 0 Å². The molecular weight excluding hydrogens is 192 g/mol. The van der Waals surface area contributed by atoms with Gasteiger partial charge in [-0.2, -0.15) is 0 Å². The molecule has 1 heterocycles. The van der Waals surface area contributed by atoms with Crippen LogP contribution in [0.4, 0.5) is 0 Å². The number of ether oxygens (including phenoxy) is 2. The number of methoxy groups -OCH3 is 1. The lowest BCUT2D eigenvalue weighted by molar-refractivity contribution is -0.148. The molecule has 0 saturated carbocycles. The van der Waals surface area contributed by atoms with Crippen LogP contribution in [0.5, 0.6) is 0 Å². The number of cyclic esters (lactones) is 1. The third kappa shape index (κ3) is 2.41. The Morgan fingerprint density at radius 3 is 3.00 bits per heavy atom. The van der Waals surface area contributed by atoms with Crippen molar-refractivity contribution < 1.29 is 14.3 Å². The van der Waals surface area contributed by atoms with Crippen molar-refractivity contribution in [3.05, 3.63) is 24.0 Å². The Hall–Kier alpha value is -1.25. The fourth-order valence-corrected chi connectivity index (χ4v) is 2.17. The van der Waals surface area contributed by atoms with Crippen molar-refractivity contribution in [2.45, 2.75) is 31.8 Å². The van der Waals surface area contributed by atoms with E-state index in [4.69, 9.17) is 9.47 Å². The molecule has 0 N–H and O–H groups in total. The quantitative estimate of drug-likeness (QED) is 0.515. The van der Waals surface area contributed by atoms with Gasteiger partial charge in [0.05, 0.1) is 13.2 Å². The van der Waals surface area contributed by atoms with E-state index in [9.17, 15) is 4.79 Å². The summed E-state index contributed by atoms with van der Waals surface area (Å²) in [6.07, 6.45) is 9.73. The first-order chi connectivity index (χ1) is 7.29. The van der Waals surface area contributed by atoms with Crippen LogP contribution in [0.15, 0.2) is 24.0 Å². The molecule has 2 rings (SSSR count). The number of esters is 1. The molecule has 15 heavy (non-hydrogen) atoms. The summed E-state index contributed by atoms with van der Waals surface area (Å²) < 4.78 is 10.5. The molecule has 3 nitrogen and oxygen atoms in total. The van der Waals surface area contributed by atoms with Gasteiger partial charge in [0.1, 0.15) is 11.9 Å². The molecule has 3 heteroatoms. The van der Waals surface area contributed by atoms with Crippen molar-refractivity contribution in [2.24, 2.45) is 5.92 Å². The molecule has 1 aliphatic heterocycles. The molecule has 1 aliphatic carbocycles. The topological polar surface area (TPSA) is 35.5 Å². The minimum absolute atomic E-state index is 0.00222. The van der Waals surface area contributed by atoms with Gasteiger partial charge in [-0.25, -0.2) is 4.79 Å². The fourth-order valence-electron chi connectivity index (χ4n) is 2.17. The minimum atomic E-state index is -0.266. The lowest BCUT2D eigenvalue weighted by Gasteiger charge is -2.30. The summed E-state index contributed by atoms with van der Waals surface area (Å²) in [5.74, 6) is 0.932. The van der Waals surface area contributed by atoms with Crippen molar-refractivity contribution in [2.75, 3.05) is 7.11 Å². The highest BCUT2D eigenvalue weighted by molar-refractivity contribution is 5.83. The molecule has 0 bridgehead atoms. The van der Waals surface area contributed by atoms with Gasteiger partial charge in [-0.1, -0.05) is 12.2 Å². The third-order valence-electron chi connectivity index (χ3n) is 3.05. The zero-order valence-electron chi connectivity index (χ0n) is 8.94. The predicted octanol–water partition coefficient (Wildman–Crippen LogP) is 2.19. The Bertz CT molecular complexity index is 304. The summed E-state index contributed by atoms with van der Waals surface area (Å²) in [6, 6.07) is 0. The van der Waals surface area contributed by atoms with Crippen molar-refractivity contribution in [3.63, 3.8) is 0 Å². The number of rotatable bonds is 2. The van der Waals surface area contributed by atoms with Crippen molar-refractivity contribution in [1.29, 1.82) is 0 Å². The van der Waals surface area contributed by atoms with Crippen LogP contribution in [-0.2, 0) is 14.3 Å². The molecule has 0 amide bonds. The Morgan fingerprint density at radius 2 is 2.33 bits per heavy atom. The summed E-state index contributed by atoms with van der Waals surface area (Å²) in [4.78, 5) is 11.3. The molecule has 0 spiro atoms. The summed E-state index contributed by atoms with van der Waals surface area (Å²) in [5, 5.41) is 0. The van der Waals surface area contributed by atoms with Gasteiger partial charge in [0.2, 0.25) is 0 Å². The molecule has 82 valence electrons. The van der Waals surface area contributed by atoms with Crippen LogP contribution in [0.3, 0.4) is 0 Å². The summed E-state index contributed by atoms with van der Waals surface area (Å²) >= 11 is 0. The molecule has 0 saturated heterocycles. The summed E-state index contributed by atoms with van der Waals surface area (Å²) in [6.45, 7) is 0. The van der Waals surface area contributed by atoms with Crippen LogP contribution >= 0.6 is 0 Å². The smallest absolute Gasteiger partial charge is 0.334 e. The maximum Gasteiger partial charge on any atom is 0.334 e. The Kier molecular flexibility index (Phi) is 3.09. The summed E-state index contributed by atoms with van der Waals surface area (Å²) in [5.41, 5.74) is 0. The number of carbonyl (C=O) groups is 1. The van der Waals surface area contributed by atoms with Crippen LogP contribution in [0.1, 0.15) is 25.7 Å². The second kappa shape index (κ2) is 4.51. The lowest BCUT2D eigenvalue weighted by Crippen LogP contribution is -2.31. The van der Waals surface area contributed by atoms with Crippen LogP contribution in [0.25, 0.3) is 0 Å². The van der Waals surface area contributed by atoms with E-state index in [-0.39, 0.29) is 12.1 Å². The van der Waals surface area contributed by atoms with Crippen molar-refractivity contribution in [1.82, 2.24) is 0 Å². The maximum atomic E-state index is 11.3. The maximum absolute atomic E-state index is 11.3. The number of hydrogen-bond donors (Lipinski definition) is 0. The zero-order valence-corrected chi connectivity index (χ0v) is 8.94. The second-order valence-corrected chi connectivity index (χ2v) is 4.04. The first-order valence-corrected chi connectivity index (χ1v) is 5.40. The molecule has 0 aromatic heterocycles. The van der Waals surface area contributed by atoms with Crippen LogP contribution in [-0.4, -0.2) is 19.2 Å². The molecule has 0 aromatic rings. The van der Waals surface area contributed by atoms with Gasteiger partial charge in [0.25, 0.3) is 0 Å². The zero-order chi connectivity index (χ0) is 10.7. The SMILES string of the molecule is COC1=CC(=O)O[C@H]([C@H]2CC=CCC2)C1. The molecule has 0 aromatic carbocycles. The number of carbonyl (C=O) groups excluding carboxylic acids is 1. The molecule has 2 aliphatic rings. The van der Waals surface area contributed by atoms with E-state index >= 15 is 0 Å². The van der Waals surface area contributed by atoms with Gasteiger partial charge in [-0.15, -0.1) is 0 Å². The predicted molar refractivity (Wildman–Crippen MR) is 56.1 cm³/mol. The standard InChI is InChI=1S/C12H16O3/c1-14-10-7-11(15-12(13)8-10)9-5-3-2-4-6-9/h2-3,8-9,11H,4-7H2,1H3/t9-,11-/m0/s1. The van der Waals surface area contributed by atoms with Gasteiger partial charge in [0.15, 0.2) is 0 Å². The Balaban J connectivity index is 2.02. The van der Waals surface area contributed by atoms with Crippen LogP contribution in [0, 0.1) is 5.92 Å². The van der Waals surface area contributed by atoms with Crippen molar-refractivity contribution >= 4 is 5.97 Å². The second-order valence-electron chi connectivity index (χ2n) is 4.04. The fraction of sp³-hybridized carbons (Fsp3) is 0.583. The molecule has 2 atom stereocenters. The Morgan fingerprint density at radius 1 is 1.47 bits per heavy atom. The van der Waals surface area contributed by atoms with Gasteiger partial charge in [0, 0.05) is 12.3 Å². The van der Waals surface area contributed by atoms with E-state index in [0.717, 1.165) is 31.4 Å². The van der Waals surface area contributed by atoms with Gasteiger partial charge < -0.3 is 9.47 Å². The highest BCUT2D eigenvalue weighted by Gasteiger charge is 2.29. The largest absolute Gasteiger partial charge is 0.501 e. The number of allylic oxidation sites excluding steroid dienone is 2. The van der Waals surface area contributed by atoms with Crippen molar-refractivity contribution in [3.8, 4) is 0 Å². The van der Waals surface area contributed by atoms with E-state index in [1.807, 2.05) is 0 Å². The van der Waals surface area contributed by atoms with Crippen LogP contribution < -0.4 is 0 Å². The normalized spacial score (nSPS) is 30.7. The van der Waals surface area contributed by atoms with E-state index in [1.54, 1.807) is 7.11 Å². The molecule has 0 unspecified atom stereocenters. The average molecular weight is 208 g/mol. The van der Waals surface area contributed by atoms with E-state index < -0.39 is 0 Å². The average Bonchev–Trinajstić information content (AvgIpc) is 2.29. The van der Waals surface area contributed by atoms with E-state index in [2.05, 4.69) is 12.2 Å². The lowest BCUT2D eigenvalue weighted by atomic mass is 9.87. The minimum Gasteiger partial charge on any atom is -0.501 e. The van der Waals surface area contributed by atoms with Gasteiger partial charge in [-0.05, 0) is 19.3 Å². The van der Waals surface area contributed by atoms with E-state index in [0.29, 0.717) is 5.92 Å². The monoisotopic (exact) mass is 208 g/mol. The third-order valence-corrected chi connectivity index (χ3v) is 3.05. The first kappa shape index (κ1) is 10.3.